The van der Waals surface area contributed by atoms with Crippen LogP contribution >= 0.6 is 0 Å². The fourth-order valence-electron chi connectivity index (χ4n) is 5.15. The average Bonchev–Trinajstić information content (AvgIpc) is 3.48. The first-order valence-corrected chi connectivity index (χ1v) is 10.7. The van der Waals surface area contributed by atoms with Gasteiger partial charge >= 0.3 is 5.97 Å². The number of cyclic esters (lactones) is 1. The molecule has 1 aliphatic carbocycles. The van der Waals surface area contributed by atoms with Crippen molar-refractivity contribution in [3.63, 3.8) is 0 Å². The number of hydrazine groups is 1. The molecular formula is C23H26N2O9. The number of aliphatic hydroxyl groups is 1. The summed E-state index contributed by atoms with van der Waals surface area (Å²) in [4.78, 5) is 13.0. The molecule has 4 N–H and O–H groups in total. The third kappa shape index (κ3) is 3.48. The van der Waals surface area contributed by atoms with Crippen molar-refractivity contribution in [1.29, 1.82) is 0 Å². The smallest absolute Gasteiger partial charge is 0.310 e. The molecule has 2 aromatic carbocycles. The van der Waals surface area contributed by atoms with Crippen LogP contribution in [0.25, 0.3) is 0 Å². The zero-order chi connectivity index (χ0) is 24.0. The Morgan fingerprint density at radius 3 is 2.24 bits per heavy atom. The molecule has 34 heavy (non-hydrogen) atoms. The normalized spacial score (nSPS) is 25.3. The van der Waals surface area contributed by atoms with Crippen LogP contribution in [0.3, 0.4) is 0 Å². The fourth-order valence-corrected chi connectivity index (χ4v) is 5.15. The molecule has 3 aliphatic rings. The molecule has 0 saturated carbocycles. The summed E-state index contributed by atoms with van der Waals surface area (Å²) in [5.74, 6) is 6.03. The summed E-state index contributed by atoms with van der Waals surface area (Å²) in [7, 11) is 4.59. The van der Waals surface area contributed by atoms with Crippen molar-refractivity contribution in [2.75, 3.05) is 34.7 Å². The number of nitrogens with one attached hydrogen (secondary N) is 1. The van der Waals surface area contributed by atoms with Crippen molar-refractivity contribution in [1.82, 2.24) is 5.43 Å². The number of hydrogen-bond acceptors (Lipinski definition) is 11. The van der Waals surface area contributed by atoms with E-state index in [4.69, 9.17) is 39.0 Å². The molecule has 182 valence electrons. The molecule has 5 atom stereocenters. The van der Waals surface area contributed by atoms with E-state index in [1.165, 1.54) is 21.3 Å². The van der Waals surface area contributed by atoms with Crippen LogP contribution < -0.4 is 35.0 Å². The number of carbonyl (C=O) groups excluding carboxylic acids is 1. The Labute approximate surface area is 195 Å². The third-order valence-electron chi connectivity index (χ3n) is 6.58. The highest BCUT2D eigenvalue weighted by atomic mass is 16.7. The molecule has 1 fully saturated rings. The minimum absolute atomic E-state index is 0.0838. The van der Waals surface area contributed by atoms with Crippen molar-refractivity contribution in [2.45, 2.75) is 18.4 Å². The Bertz CT molecular complexity index is 1080. The lowest BCUT2D eigenvalue weighted by molar-refractivity contribution is -0.177. The van der Waals surface area contributed by atoms with E-state index in [0.717, 1.165) is 16.7 Å². The lowest BCUT2D eigenvalue weighted by Gasteiger charge is -2.39. The van der Waals surface area contributed by atoms with Crippen LogP contribution in [0.1, 0.15) is 28.7 Å². The molecule has 0 amide bonds. The number of carbonyl (C=O) groups is 1. The molecule has 2 aliphatic heterocycles. The highest BCUT2D eigenvalue weighted by Crippen LogP contribution is 2.56. The van der Waals surface area contributed by atoms with Crippen molar-refractivity contribution < 1.29 is 43.1 Å². The molecule has 1 saturated heterocycles. The Kier molecular flexibility index (Phi) is 5.86. The number of nitrogens with two attached hydrogens (primary N) is 1. The molecule has 11 nitrogen and oxygen atoms in total. The number of methoxy groups -OCH3 is 3. The SMILES string of the molecule is COc1cc(C2c3cc4c(cc3C(OC(O)NN)C3COC(=O)C23)OCO4)cc(OC)c1OC. The molecule has 0 spiro atoms. The van der Waals surface area contributed by atoms with E-state index < -0.39 is 30.3 Å². The predicted octanol–water partition coefficient (Wildman–Crippen LogP) is 1.17. The van der Waals surface area contributed by atoms with Gasteiger partial charge < -0.3 is 38.3 Å². The number of aliphatic hydroxyl groups excluding tert-OH is 1. The quantitative estimate of drug-likeness (QED) is 0.231. The first-order chi connectivity index (χ1) is 16.5. The summed E-state index contributed by atoms with van der Waals surface area (Å²) in [6.07, 6.45) is -2.14. The van der Waals surface area contributed by atoms with E-state index >= 15 is 0 Å². The molecule has 5 unspecified atom stereocenters. The van der Waals surface area contributed by atoms with E-state index in [1.54, 1.807) is 0 Å². The maximum atomic E-state index is 13.0. The van der Waals surface area contributed by atoms with Gasteiger partial charge in [0.05, 0.1) is 40.0 Å². The second kappa shape index (κ2) is 8.84. The molecule has 0 radical (unpaired) electrons. The van der Waals surface area contributed by atoms with Crippen LogP contribution in [-0.4, -0.2) is 52.2 Å². The zero-order valence-corrected chi connectivity index (χ0v) is 18.9. The molecule has 2 aromatic rings. The van der Waals surface area contributed by atoms with Gasteiger partial charge in [0.15, 0.2) is 23.0 Å². The van der Waals surface area contributed by atoms with Gasteiger partial charge in [-0.2, -0.15) is 0 Å². The Morgan fingerprint density at radius 2 is 1.65 bits per heavy atom. The standard InChI is InChI=1S/C23H26N2O9/c1-28-16-4-10(5-17(29-2)21(16)30-3)18-11-6-14-15(33-9-32-14)7-12(11)20(34-23(27)25-24)13-8-31-22(26)19(13)18/h4-7,13,18-20,23,25,27H,8-9,24H2,1-3H3. The van der Waals surface area contributed by atoms with Crippen molar-refractivity contribution in [3.05, 3.63) is 41.0 Å². The topological polar surface area (TPSA) is 140 Å². The van der Waals surface area contributed by atoms with Crippen molar-refractivity contribution in [2.24, 2.45) is 17.7 Å². The number of rotatable bonds is 7. The van der Waals surface area contributed by atoms with Gasteiger partial charge in [0.1, 0.15) is 0 Å². The lowest BCUT2D eigenvalue weighted by atomic mass is 9.66. The van der Waals surface area contributed by atoms with E-state index in [9.17, 15) is 9.90 Å². The molecule has 5 rings (SSSR count). The first kappa shape index (κ1) is 22.5. The number of fused-ring (bicyclic) bond motifs is 3. The summed E-state index contributed by atoms with van der Waals surface area (Å²) >= 11 is 0. The van der Waals surface area contributed by atoms with E-state index in [-0.39, 0.29) is 19.4 Å². The van der Waals surface area contributed by atoms with Crippen LogP contribution in [0.4, 0.5) is 0 Å². The Morgan fingerprint density at radius 1 is 1.00 bits per heavy atom. The number of ether oxygens (including phenoxy) is 7. The molecule has 11 heteroatoms. The first-order valence-electron chi connectivity index (χ1n) is 10.7. The second-order valence-corrected chi connectivity index (χ2v) is 8.17. The van der Waals surface area contributed by atoms with E-state index in [2.05, 4.69) is 5.43 Å². The van der Waals surface area contributed by atoms with Crippen LogP contribution in [0.2, 0.25) is 0 Å². The molecule has 2 heterocycles. The predicted molar refractivity (Wildman–Crippen MR) is 116 cm³/mol. The number of esters is 1. The van der Waals surface area contributed by atoms with Gasteiger partial charge in [-0.05, 0) is 41.0 Å². The minimum atomic E-state index is -1.45. The highest BCUT2D eigenvalue weighted by molar-refractivity contribution is 5.79. The maximum Gasteiger partial charge on any atom is 0.310 e. The highest BCUT2D eigenvalue weighted by Gasteiger charge is 2.53. The fraction of sp³-hybridized carbons (Fsp3) is 0.435. The Balaban J connectivity index is 1.73. The van der Waals surface area contributed by atoms with Crippen LogP contribution in [-0.2, 0) is 14.3 Å². The molecular weight excluding hydrogens is 448 g/mol. The average molecular weight is 474 g/mol. The summed E-state index contributed by atoms with van der Waals surface area (Å²) in [6, 6.07) is 7.29. The van der Waals surface area contributed by atoms with Gasteiger partial charge in [0.25, 0.3) is 0 Å². The zero-order valence-electron chi connectivity index (χ0n) is 18.9. The van der Waals surface area contributed by atoms with Gasteiger partial charge in [-0.1, -0.05) is 0 Å². The minimum Gasteiger partial charge on any atom is -0.493 e. The van der Waals surface area contributed by atoms with Crippen LogP contribution in [0, 0.1) is 11.8 Å². The largest absolute Gasteiger partial charge is 0.493 e. The summed E-state index contributed by atoms with van der Waals surface area (Å²) in [5.41, 5.74) is 4.44. The van der Waals surface area contributed by atoms with Crippen LogP contribution in [0.15, 0.2) is 24.3 Å². The molecule has 0 aromatic heterocycles. The Hall–Kier alpha value is -3.25. The van der Waals surface area contributed by atoms with Gasteiger partial charge in [0.2, 0.25) is 19.0 Å². The van der Waals surface area contributed by atoms with E-state index in [0.29, 0.717) is 28.7 Å². The van der Waals surface area contributed by atoms with Gasteiger partial charge in [-0.15, -0.1) is 0 Å². The number of hydrogen-bond donors (Lipinski definition) is 3. The van der Waals surface area contributed by atoms with Crippen molar-refractivity contribution >= 4 is 5.97 Å². The summed E-state index contributed by atoms with van der Waals surface area (Å²) < 4.78 is 39.1. The lowest BCUT2D eigenvalue weighted by Crippen LogP contribution is -2.42. The van der Waals surface area contributed by atoms with Crippen molar-refractivity contribution in [3.8, 4) is 28.7 Å². The number of benzene rings is 2. The monoisotopic (exact) mass is 474 g/mol. The van der Waals surface area contributed by atoms with Gasteiger partial charge in [-0.3, -0.25) is 10.6 Å². The van der Waals surface area contributed by atoms with Crippen LogP contribution in [0.5, 0.6) is 28.7 Å². The maximum absolute atomic E-state index is 13.0. The van der Waals surface area contributed by atoms with Gasteiger partial charge in [-0.25, -0.2) is 5.43 Å². The van der Waals surface area contributed by atoms with Gasteiger partial charge in [0, 0.05) is 11.8 Å². The molecule has 0 bridgehead atoms. The summed E-state index contributed by atoms with van der Waals surface area (Å²) in [6.45, 7) is 0.209. The van der Waals surface area contributed by atoms with E-state index in [1.807, 2.05) is 24.3 Å². The summed E-state index contributed by atoms with van der Waals surface area (Å²) in [5, 5.41) is 10.1. The second-order valence-electron chi connectivity index (χ2n) is 8.17. The third-order valence-corrected chi connectivity index (χ3v) is 6.58.